The van der Waals surface area contributed by atoms with Gasteiger partial charge in [0.1, 0.15) is 17.3 Å². The summed E-state index contributed by atoms with van der Waals surface area (Å²) in [6.07, 6.45) is 3.58. The van der Waals surface area contributed by atoms with Crippen LogP contribution in [0.15, 0.2) is 22.7 Å². The molecule has 0 bridgehead atoms. The van der Waals surface area contributed by atoms with E-state index in [1.807, 2.05) is 0 Å². The Balaban J connectivity index is 2.08. The molecule has 0 saturated heterocycles. The van der Waals surface area contributed by atoms with Gasteiger partial charge in [-0.15, -0.1) is 0 Å². The number of nitrogens with two attached hydrogens (primary N) is 1. The molecule has 0 aliphatic heterocycles. The van der Waals surface area contributed by atoms with Gasteiger partial charge in [0.2, 0.25) is 0 Å². The average molecular weight is 334 g/mol. The van der Waals surface area contributed by atoms with Gasteiger partial charge in [0, 0.05) is 22.5 Å². The van der Waals surface area contributed by atoms with E-state index >= 15 is 0 Å². The highest BCUT2D eigenvalue weighted by atomic mass is 79.9. The van der Waals surface area contributed by atoms with Crippen molar-refractivity contribution in [3.8, 4) is 11.3 Å². The third-order valence-corrected chi connectivity index (χ3v) is 4.73. The molecule has 20 heavy (non-hydrogen) atoms. The van der Waals surface area contributed by atoms with Crippen LogP contribution in [0.1, 0.15) is 43.5 Å². The second-order valence-corrected chi connectivity index (χ2v) is 6.45. The highest BCUT2D eigenvalue weighted by molar-refractivity contribution is 9.10. The molecular formula is C16H20BrN3. The molecule has 0 spiro atoms. The molecule has 106 valence electrons. The number of hydrogen-bond donors (Lipinski definition) is 1. The normalized spacial score (nSPS) is 14.8. The summed E-state index contributed by atoms with van der Waals surface area (Å²) in [4.78, 5) is 4.85. The number of hydrogen-bond acceptors (Lipinski definition) is 2. The zero-order valence-corrected chi connectivity index (χ0v) is 13.6. The molecular weight excluding hydrogens is 314 g/mol. The van der Waals surface area contributed by atoms with Crippen molar-refractivity contribution in [2.45, 2.75) is 45.6 Å². The minimum Gasteiger partial charge on any atom is -0.383 e. The number of aryl methyl sites for hydroxylation is 1. The summed E-state index contributed by atoms with van der Waals surface area (Å²) in [5.74, 6) is 2.60. The van der Waals surface area contributed by atoms with Gasteiger partial charge >= 0.3 is 0 Å². The van der Waals surface area contributed by atoms with Crippen LogP contribution in [0.5, 0.6) is 0 Å². The zero-order valence-electron chi connectivity index (χ0n) is 12.0. The minimum atomic E-state index is 0.617. The number of imidazole rings is 1. The van der Waals surface area contributed by atoms with E-state index in [0.29, 0.717) is 5.92 Å². The third kappa shape index (κ3) is 2.37. The summed E-state index contributed by atoms with van der Waals surface area (Å²) in [5.41, 5.74) is 9.61. The number of rotatable bonds is 4. The van der Waals surface area contributed by atoms with E-state index in [-0.39, 0.29) is 0 Å². The van der Waals surface area contributed by atoms with E-state index in [9.17, 15) is 0 Å². The summed E-state index contributed by atoms with van der Waals surface area (Å²) >= 11 is 3.59. The Kier molecular flexibility index (Phi) is 3.59. The highest BCUT2D eigenvalue weighted by Gasteiger charge is 2.30. The van der Waals surface area contributed by atoms with E-state index in [2.05, 4.69) is 52.5 Å². The van der Waals surface area contributed by atoms with Gasteiger partial charge in [0.15, 0.2) is 0 Å². The Morgan fingerprint density at radius 2 is 2.15 bits per heavy atom. The van der Waals surface area contributed by atoms with Crippen molar-refractivity contribution in [2.24, 2.45) is 0 Å². The van der Waals surface area contributed by atoms with Crippen LogP contribution in [0.3, 0.4) is 0 Å². The van der Waals surface area contributed by atoms with Crippen molar-refractivity contribution in [1.82, 2.24) is 9.55 Å². The molecule has 1 aromatic heterocycles. The van der Waals surface area contributed by atoms with Crippen LogP contribution in [0, 0.1) is 6.92 Å². The molecule has 0 amide bonds. The number of nitrogen functional groups attached to an aromatic ring is 1. The molecule has 1 fully saturated rings. The minimum absolute atomic E-state index is 0.617. The lowest BCUT2D eigenvalue weighted by Crippen LogP contribution is -2.06. The van der Waals surface area contributed by atoms with Gasteiger partial charge in [-0.3, -0.25) is 0 Å². The predicted molar refractivity (Wildman–Crippen MR) is 86.8 cm³/mol. The first-order valence-electron chi connectivity index (χ1n) is 7.24. The maximum atomic E-state index is 6.36. The lowest BCUT2D eigenvalue weighted by Gasteiger charge is -2.07. The smallest absolute Gasteiger partial charge is 0.131 e. The summed E-state index contributed by atoms with van der Waals surface area (Å²) in [7, 11) is 0. The van der Waals surface area contributed by atoms with Crippen molar-refractivity contribution in [3.05, 3.63) is 34.1 Å². The molecule has 1 aliphatic rings. The fourth-order valence-electron chi connectivity index (χ4n) is 2.55. The predicted octanol–water partition coefficient (Wildman–Crippen LogP) is 4.49. The maximum Gasteiger partial charge on any atom is 0.131 e. The summed E-state index contributed by atoms with van der Waals surface area (Å²) in [6.45, 7) is 5.22. The van der Waals surface area contributed by atoms with Crippen LogP contribution in [0.4, 0.5) is 5.82 Å². The lowest BCUT2D eigenvalue weighted by atomic mass is 10.1. The van der Waals surface area contributed by atoms with E-state index < -0.39 is 0 Å². The Morgan fingerprint density at radius 3 is 2.75 bits per heavy atom. The molecule has 2 N–H and O–H groups in total. The number of benzene rings is 1. The van der Waals surface area contributed by atoms with Crippen LogP contribution in [0.2, 0.25) is 0 Å². The van der Waals surface area contributed by atoms with Crippen LogP contribution < -0.4 is 5.73 Å². The van der Waals surface area contributed by atoms with Crippen molar-refractivity contribution in [1.29, 1.82) is 0 Å². The largest absolute Gasteiger partial charge is 0.383 e. The van der Waals surface area contributed by atoms with E-state index in [1.165, 1.54) is 24.2 Å². The monoisotopic (exact) mass is 333 g/mol. The van der Waals surface area contributed by atoms with E-state index in [4.69, 9.17) is 10.7 Å². The second-order valence-electron chi connectivity index (χ2n) is 5.59. The maximum absolute atomic E-state index is 6.36. The number of aromatic nitrogens is 2. The van der Waals surface area contributed by atoms with E-state index in [0.717, 1.165) is 34.5 Å². The van der Waals surface area contributed by atoms with Gasteiger partial charge in [0.25, 0.3) is 0 Å². The van der Waals surface area contributed by atoms with Gasteiger partial charge < -0.3 is 10.3 Å². The average Bonchev–Trinajstić information content (AvgIpc) is 3.21. The molecule has 1 saturated carbocycles. The van der Waals surface area contributed by atoms with Crippen LogP contribution in [-0.2, 0) is 6.54 Å². The van der Waals surface area contributed by atoms with Crippen molar-refractivity contribution >= 4 is 21.7 Å². The summed E-state index contributed by atoms with van der Waals surface area (Å²) in [6, 6.07) is 6.32. The molecule has 0 unspecified atom stereocenters. The fourth-order valence-corrected chi connectivity index (χ4v) is 2.93. The van der Waals surface area contributed by atoms with Gasteiger partial charge in [-0.1, -0.05) is 35.0 Å². The molecule has 3 rings (SSSR count). The third-order valence-electron chi connectivity index (χ3n) is 3.87. The van der Waals surface area contributed by atoms with Crippen LogP contribution >= 0.6 is 15.9 Å². The number of halogens is 1. The molecule has 2 aromatic rings. The molecule has 4 heteroatoms. The Hall–Kier alpha value is -1.29. The van der Waals surface area contributed by atoms with Crippen molar-refractivity contribution in [3.63, 3.8) is 0 Å². The topological polar surface area (TPSA) is 43.8 Å². The molecule has 0 atom stereocenters. The fraction of sp³-hybridized carbons (Fsp3) is 0.438. The Morgan fingerprint density at radius 1 is 1.40 bits per heavy atom. The summed E-state index contributed by atoms with van der Waals surface area (Å²) in [5, 5.41) is 0. The van der Waals surface area contributed by atoms with Crippen molar-refractivity contribution in [2.75, 3.05) is 5.73 Å². The van der Waals surface area contributed by atoms with Gasteiger partial charge in [-0.05, 0) is 37.8 Å². The molecule has 3 nitrogen and oxygen atoms in total. The number of nitrogens with zero attached hydrogens (tertiary/aromatic N) is 2. The summed E-state index contributed by atoms with van der Waals surface area (Å²) < 4.78 is 3.31. The van der Waals surface area contributed by atoms with Gasteiger partial charge in [-0.2, -0.15) is 0 Å². The molecule has 1 heterocycles. The second kappa shape index (κ2) is 5.24. The van der Waals surface area contributed by atoms with Gasteiger partial charge in [0.05, 0.1) is 0 Å². The first-order valence-corrected chi connectivity index (χ1v) is 8.03. The first-order chi connectivity index (χ1) is 9.61. The SMILES string of the molecule is CCCn1c(C2CC2)nc(-c2ccc(C)c(Br)c2)c1N. The van der Waals surface area contributed by atoms with Crippen LogP contribution in [-0.4, -0.2) is 9.55 Å². The molecule has 1 aliphatic carbocycles. The Labute approximate surface area is 128 Å². The van der Waals surface area contributed by atoms with Crippen molar-refractivity contribution < 1.29 is 0 Å². The first kappa shape index (κ1) is 13.7. The Bertz CT molecular complexity index is 641. The van der Waals surface area contributed by atoms with E-state index in [1.54, 1.807) is 0 Å². The molecule has 0 radical (unpaired) electrons. The van der Waals surface area contributed by atoms with Gasteiger partial charge in [-0.25, -0.2) is 4.98 Å². The highest BCUT2D eigenvalue weighted by Crippen LogP contribution is 2.42. The van der Waals surface area contributed by atoms with Crippen LogP contribution in [0.25, 0.3) is 11.3 Å². The lowest BCUT2D eigenvalue weighted by molar-refractivity contribution is 0.646. The number of anilines is 1. The quantitative estimate of drug-likeness (QED) is 0.895. The molecule has 1 aromatic carbocycles. The standard InChI is InChI=1S/C16H20BrN3/c1-3-8-20-15(18)14(19-16(20)11-6-7-11)12-5-4-10(2)13(17)9-12/h4-5,9,11H,3,6-8,18H2,1-2H3. The zero-order chi connectivity index (χ0) is 14.3.